The minimum Gasteiger partial charge on any atom is -0.337 e. The van der Waals surface area contributed by atoms with Crippen LogP contribution in [0.4, 0.5) is 11.5 Å². The fraction of sp³-hybridized carbons (Fsp3) is 0.167. The number of hydrogen-bond acceptors (Lipinski definition) is 4. The Morgan fingerprint density at radius 2 is 1.74 bits per heavy atom. The van der Waals surface area contributed by atoms with Crippen molar-refractivity contribution in [2.24, 2.45) is 0 Å². The van der Waals surface area contributed by atoms with E-state index in [9.17, 15) is 0 Å². The Hall–Kier alpha value is -2.95. The van der Waals surface area contributed by atoms with Crippen LogP contribution >= 0.6 is 0 Å². The van der Waals surface area contributed by atoms with E-state index < -0.39 is 0 Å². The second-order valence-electron chi connectivity index (χ2n) is 5.85. The summed E-state index contributed by atoms with van der Waals surface area (Å²) >= 11 is 0. The number of benzene rings is 2. The Morgan fingerprint density at radius 1 is 0.913 bits per heavy atom. The average Bonchev–Trinajstić information content (AvgIpc) is 2.91. The van der Waals surface area contributed by atoms with E-state index in [-0.39, 0.29) is 0 Å². The molecule has 0 unspecified atom stereocenters. The largest absolute Gasteiger partial charge is 0.337 e. The van der Waals surface area contributed by atoms with Crippen LogP contribution in [0.5, 0.6) is 0 Å². The van der Waals surface area contributed by atoms with Gasteiger partial charge in [0.2, 0.25) is 5.65 Å². The Bertz CT molecular complexity index is 1030. The van der Waals surface area contributed by atoms with Crippen molar-refractivity contribution in [2.45, 2.75) is 20.8 Å². The summed E-state index contributed by atoms with van der Waals surface area (Å²) in [6.45, 7) is 6.10. The minimum atomic E-state index is 0.715. The highest BCUT2D eigenvalue weighted by atomic mass is 15.3. The number of hydrogen-bond donors (Lipinski definition) is 1. The van der Waals surface area contributed by atoms with Gasteiger partial charge >= 0.3 is 0 Å². The van der Waals surface area contributed by atoms with Gasteiger partial charge in [0.05, 0.1) is 11.0 Å². The van der Waals surface area contributed by atoms with E-state index in [0.717, 1.165) is 28.2 Å². The van der Waals surface area contributed by atoms with Crippen LogP contribution in [0.25, 0.3) is 16.7 Å². The van der Waals surface area contributed by atoms with Crippen LogP contribution in [-0.4, -0.2) is 19.6 Å². The molecule has 5 nitrogen and oxygen atoms in total. The molecular weight excluding hydrogens is 286 g/mol. The van der Waals surface area contributed by atoms with E-state index in [1.54, 1.807) is 0 Å². The molecule has 0 aliphatic rings. The molecule has 0 amide bonds. The highest BCUT2D eigenvalue weighted by Gasteiger charge is 2.13. The molecule has 2 aromatic carbocycles. The minimum absolute atomic E-state index is 0.715. The number of nitrogens with zero attached hydrogens (tertiary/aromatic N) is 4. The summed E-state index contributed by atoms with van der Waals surface area (Å²) in [4.78, 5) is 4.75. The molecule has 0 saturated carbocycles. The molecule has 4 rings (SSSR count). The van der Waals surface area contributed by atoms with Gasteiger partial charge in [0, 0.05) is 5.69 Å². The van der Waals surface area contributed by atoms with Crippen LogP contribution in [0.3, 0.4) is 0 Å². The van der Waals surface area contributed by atoms with Crippen molar-refractivity contribution in [1.82, 2.24) is 19.6 Å². The van der Waals surface area contributed by atoms with Gasteiger partial charge in [0.15, 0.2) is 5.82 Å². The maximum Gasteiger partial charge on any atom is 0.204 e. The van der Waals surface area contributed by atoms with E-state index >= 15 is 0 Å². The van der Waals surface area contributed by atoms with Gasteiger partial charge in [-0.3, -0.25) is 4.40 Å². The maximum absolute atomic E-state index is 4.75. The van der Waals surface area contributed by atoms with Crippen molar-refractivity contribution >= 4 is 28.2 Å². The number of rotatable bonds is 2. The van der Waals surface area contributed by atoms with Gasteiger partial charge in [0.1, 0.15) is 5.82 Å². The standard InChI is InChI=1S/C18H17N5/c1-11-5-4-6-14(9-11)19-17-18-22-21-13(3)23(18)16-10-12(2)7-8-15(16)20-17/h4-10H,1-3H3,(H,19,20). The first-order valence-electron chi connectivity index (χ1n) is 7.57. The summed E-state index contributed by atoms with van der Waals surface area (Å²) in [5.74, 6) is 1.57. The molecule has 0 radical (unpaired) electrons. The van der Waals surface area contributed by atoms with E-state index in [1.165, 1.54) is 11.1 Å². The summed E-state index contributed by atoms with van der Waals surface area (Å²) in [5.41, 5.74) is 6.06. The van der Waals surface area contributed by atoms with Crippen LogP contribution < -0.4 is 5.32 Å². The number of anilines is 2. The lowest BCUT2D eigenvalue weighted by atomic mass is 10.2. The summed E-state index contributed by atoms with van der Waals surface area (Å²) in [5, 5.41) is 11.9. The van der Waals surface area contributed by atoms with Gasteiger partial charge in [-0.2, -0.15) is 0 Å². The van der Waals surface area contributed by atoms with Gasteiger partial charge < -0.3 is 5.32 Å². The molecule has 0 atom stereocenters. The molecule has 114 valence electrons. The van der Waals surface area contributed by atoms with Crippen molar-refractivity contribution < 1.29 is 0 Å². The SMILES string of the molecule is Cc1cccc(Nc2nc3ccc(C)cc3n3c(C)nnc23)c1. The second-order valence-corrected chi connectivity index (χ2v) is 5.85. The molecule has 2 heterocycles. The first-order valence-corrected chi connectivity index (χ1v) is 7.57. The zero-order valence-electron chi connectivity index (χ0n) is 13.3. The lowest BCUT2D eigenvalue weighted by molar-refractivity contribution is 1.02. The Labute approximate surface area is 134 Å². The molecule has 1 N–H and O–H groups in total. The summed E-state index contributed by atoms with van der Waals surface area (Å²) in [6, 6.07) is 14.4. The van der Waals surface area contributed by atoms with E-state index in [2.05, 4.69) is 53.6 Å². The molecule has 0 aliphatic carbocycles. The monoisotopic (exact) mass is 303 g/mol. The predicted octanol–water partition coefficient (Wildman–Crippen LogP) is 3.95. The molecule has 5 heteroatoms. The highest BCUT2D eigenvalue weighted by Crippen LogP contribution is 2.25. The first kappa shape index (κ1) is 13.7. The van der Waals surface area contributed by atoms with Crippen LogP contribution in [-0.2, 0) is 0 Å². The van der Waals surface area contributed by atoms with Gasteiger partial charge in [-0.1, -0.05) is 18.2 Å². The molecule has 0 aliphatic heterocycles. The van der Waals surface area contributed by atoms with Gasteiger partial charge in [0.25, 0.3) is 0 Å². The van der Waals surface area contributed by atoms with Crippen molar-refractivity contribution in [3.05, 3.63) is 59.4 Å². The van der Waals surface area contributed by atoms with Gasteiger partial charge in [-0.25, -0.2) is 4.98 Å². The second kappa shape index (κ2) is 5.05. The van der Waals surface area contributed by atoms with E-state index in [1.807, 2.05) is 29.5 Å². The van der Waals surface area contributed by atoms with Crippen LogP contribution in [0.15, 0.2) is 42.5 Å². The van der Waals surface area contributed by atoms with E-state index in [0.29, 0.717) is 5.82 Å². The molecular formula is C18H17N5. The molecule has 0 spiro atoms. The lowest BCUT2D eigenvalue weighted by Crippen LogP contribution is -2.01. The number of aryl methyl sites for hydroxylation is 3. The third-order valence-corrected chi connectivity index (χ3v) is 3.92. The quantitative estimate of drug-likeness (QED) is 0.609. The van der Waals surface area contributed by atoms with Crippen molar-refractivity contribution in [3.8, 4) is 0 Å². The molecule has 0 saturated heterocycles. The summed E-state index contributed by atoms with van der Waals surface area (Å²) < 4.78 is 2.05. The third-order valence-electron chi connectivity index (χ3n) is 3.92. The summed E-state index contributed by atoms with van der Waals surface area (Å²) in [6.07, 6.45) is 0. The van der Waals surface area contributed by atoms with Crippen LogP contribution in [0.2, 0.25) is 0 Å². The molecule has 23 heavy (non-hydrogen) atoms. The normalized spacial score (nSPS) is 11.3. The Morgan fingerprint density at radius 3 is 2.57 bits per heavy atom. The zero-order valence-corrected chi connectivity index (χ0v) is 13.3. The highest BCUT2D eigenvalue weighted by molar-refractivity contribution is 5.84. The maximum atomic E-state index is 4.75. The fourth-order valence-corrected chi connectivity index (χ4v) is 2.83. The number of fused-ring (bicyclic) bond motifs is 3. The predicted molar refractivity (Wildman–Crippen MR) is 92.2 cm³/mol. The summed E-state index contributed by atoms with van der Waals surface area (Å²) in [7, 11) is 0. The van der Waals surface area contributed by atoms with Gasteiger partial charge in [-0.05, 0) is 56.2 Å². The van der Waals surface area contributed by atoms with Crippen molar-refractivity contribution in [1.29, 1.82) is 0 Å². The smallest absolute Gasteiger partial charge is 0.204 e. The topological polar surface area (TPSA) is 55.1 Å². The fourth-order valence-electron chi connectivity index (χ4n) is 2.83. The molecule has 0 fully saturated rings. The molecule has 4 aromatic rings. The van der Waals surface area contributed by atoms with Crippen molar-refractivity contribution in [3.63, 3.8) is 0 Å². The zero-order chi connectivity index (χ0) is 16.0. The van der Waals surface area contributed by atoms with Gasteiger partial charge in [-0.15, -0.1) is 10.2 Å². The van der Waals surface area contributed by atoms with Crippen molar-refractivity contribution in [2.75, 3.05) is 5.32 Å². The Balaban J connectivity index is 1.97. The number of nitrogens with one attached hydrogen (secondary N) is 1. The van der Waals surface area contributed by atoms with Crippen LogP contribution in [0, 0.1) is 20.8 Å². The molecule has 0 bridgehead atoms. The Kier molecular flexibility index (Phi) is 3.01. The van der Waals surface area contributed by atoms with E-state index in [4.69, 9.17) is 4.98 Å². The van der Waals surface area contributed by atoms with Crippen LogP contribution in [0.1, 0.15) is 17.0 Å². The lowest BCUT2D eigenvalue weighted by Gasteiger charge is -2.10. The third kappa shape index (κ3) is 2.30. The number of aromatic nitrogens is 4. The average molecular weight is 303 g/mol. The first-order chi connectivity index (χ1) is 11.1. The molecule has 2 aromatic heterocycles.